The number of piperazine rings is 1. The van der Waals surface area contributed by atoms with Crippen molar-refractivity contribution in [2.45, 2.75) is 13.0 Å². The lowest BCUT2D eigenvalue weighted by molar-refractivity contribution is 0.229. The Morgan fingerprint density at radius 3 is 2.60 bits per heavy atom. The van der Waals surface area contributed by atoms with Crippen LogP contribution in [-0.2, 0) is 0 Å². The van der Waals surface area contributed by atoms with E-state index in [0.717, 1.165) is 50.6 Å². The van der Waals surface area contributed by atoms with Crippen molar-refractivity contribution in [3.63, 3.8) is 0 Å². The van der Waals surface area contributed by atoms with E-state index in [1.165, 1.54) is 0 Å². The molecule has 0 radical (unpaired) electrons. The van der Waals surface area contributed by atoms with Crippen LogP contribution >= 0.6 is 0 Å². The summed E-state index contributed by atoms with van der Waals surface area (Å²) in [6.07, 6.45) is 1.86. The van der Waals surface area contributed by atoms with E-state index in [-0.39, 0.29) is 6.04 Å². The number of nitrogens with two attached hydrogens (primary N) is 1. The number of hydrogen-bond donors (Lipinski definition) is 1. The molecule has 0 spiro atoms. The van der Waals surface area contributed by atoms with Crippen LogP contribution in [0.15, 0.2) is 18.3 Å². The molecule has 0 aromatic carbocycles. The van der Waals surface area contributed by atoms with Crippen LogP contribution in [0.3, 0.4) is 0 Å². The fourth-order valence-electron chi connectivity index (χ4n) is 2.55. The van der Waals surface area contributed by atoms with E-state index in [1.54, 1.807) is 0 Å². The molecule has 1 aromatic heterocycles. The Hall–Kier alpha value is -1.17. The maximum atomic E-state index is 6.05. The standard InChI is InChI=1S/C15H27N5/c1-13(16)14-5-4-6-17-15(14)20-11-9-19(10-12-20)8-7-18(2)3/h4-6,13H,7-12,16H2,1-3H3/t13-/m0/s1. The molecule has 1 aromatic rings. The van der Waals surface area contributed by atoms with Crippen LogP contribution in [0.1, 0.15) is 18.5 Å². The minimum atomic E-state index is 0.0328. The Morgan fingerprint density at radius 2 is 2.00 bits per heavy atom. The molecule has 20 heavy (non-hydrogen) atoms. The van der Waals surface area contributed by atoms with Gasteiger partial charge >= 0.3 is 0 Å². The van der Waals surface area contributed by atoms with Gasteiger partial charge in [-0.05, 0) is 27.1 Å². The summed E-state index contributed by atoms with van der Waals surface area (Å²) in [5, 5.41) is 0. The summed E-state index contributed by atoms with van der Waals surface area (Å²) in [5.74, 6) is 1.06. The monoisotopic (exact) mass is 277 g/mol. The van der Waals surface area contributed by atoms with E-state index in [4.69, 9.17) is 5.73 Å². The second-order valence-electron chi connectivity index (χ2n) is 5.84. The lowest BCUT2D eigenvalue weighted by Gasteiger charge is -2.36. The van der Waals surface area contributed by atoms with Crippen molar-refractivity contribution in [2.24, 2.45) is 5.73 Å². The zero-order valence-electron chi connectivity index (χ0n) is 12.9. The maximum Gasteiger partial charge on any atom is 0.133 e. The molecule has 2 heterocycles. The molecule has 5 nitrogen and oxygen atoms in total. The highest BCUT2D eigenvalue weighted by Gasteiger charge is 2.20. The van der Waals surface area contributed by atoms with Crippen LogP contribution in [0, 0.1) is 0 Å². The van der Waals surface area contributed by atoms with E-state index >= 15 is 0 Å². The van der Waals surface area contributed by atoms with Crippen molar-refractivity contribution in [3.8, 4) is 0 Å². The fourth-order valence-corrected chi connectivity index (χ4v) is 2.55. The molecule has 0 amide bonds. The normalized spacial score (nSPS) is 18.6. The zero-order valence-corrected chi connectivity index (χ0v) is 12.9. The van der Waals surface area contributed by atoms with Crippen molar-refractivity contribution >= 4 is 5.82 Å². The maximum absolute atomic E-state index is 6.05. The van der Waals surface area contributed by atoms with Crippen molar-refractivity contribution in [2.75, 3.05) is 58.3 Å². The summed E-state index contributed by atoms with van der Waals surface area (Å²) in [4.78, 5) is 11.7. The van der Waals surface area contributed by atoms with Crippen LogP contribution < -0.4 is 10.6 Å². The third kappa shape index (κ3) is 3.91. The smallest absolute Gasteiger partial charge is 0.133 e. The van der Waals surface area contributed by atoms with Crippen LogP contribution in [0.25, 0.3) is 0 Å². The Labute approximate surface area is 122 Å². The van der Waals surface area contributed by atoms with Gasteiger partial charge in [-0.2, -0.15) is 0 Å². The predicted octanol–water partition coefficient (Wildman–Crippen LogP) is 0.785. The summed E-state index contributed by atoms with van der Waals surface area (Å²) in [7, 11) is 4.25. The van der Waals surface area contributed by atoms with Crippen LogP contribution in [-0.4, -0.2) is 68.1 Å². The first-order valence-electron chi connectivity index (χ1n) is 7.40. The van der Waals surface area contributed by atoms with E-state index in [9.17, 15) is 0 Å². The van der Waals surface area contributed by atoms with E-state index in [1.807, 2.05) is 19.2 Å². The minimum absolute atomic E-state index is 0.0328. The Bertz CT molecular complexity index is 410. The predicted molar refractivity (Wildman–Crippen MR) is 84.0 cm³/mol. The van der Waals surface area contributed by atoms with Gasteiger partial charge < -0.3 is 15.5 Å². The third-order valence-electron chi connectivity index (χ3n) is 3.84. The topological polar surface area (TPSA) is 48.6 Å². The SMILES string of the molecule is C[C@H](N)c1cccnc1N1CCN(CCN(C)C)CC1. The molecule has 2 rings (SSSR count). The number of hydrogen-bond acceptors (Lipinski definition) is 5. The number of rotatable bonds is 5. The molecule has 1 aliphatic heterocycles. The second-order valence-corrected chi connectivity index (χ2v) is 5.84. The molecule has 112 valence electrons. The van der Waals surface area contributed by atoms with Gasteiger partial charge in [0.1, 0.15) is 5.82 Å². The quantitative estimate of drug-likeness (QED) is 0.862. The highest BCUT2D eigenvalue weighted by atomic mass is 15.3. The molecule has 0 saturated carbocycles. The van der Waals surface area contributed by atoms with E-state index in [2.05, 4.69) is 39.8 Å². The Kier molecular flexibility index (Phi) is 5.34. The Balaban J connectivity index is 1.94. The molecule has 0 aliphatic carbocycles. The van der Waals surface area contributed by atoms with Crippen molar-refractivity contribution in [1.82, 2.24) is 14.8 Å². The summed E-state index contributed by atoms with van der Waals surface area (Å²) >= 11 is 0. The average Bonchev–Trinajstić information content (AvgIpc) is 2.45. The van der Waals surface area contributed by atoms with Crippen molar-refractivity contribution in [3.05, 3.63) is 23.9 Å². The molecule has 1 aliphatic rings. The first kappa shape index (κ1) is 15.2. The van der Waals surface area contributed by atoms with E-state index in [0.29, 0.717) is 0 Å². The van der Waals surface area contributed by atoms with Crippen LogP contribution in [0.2, 0.25) is 0 Å². The van der Waals surface area contributed by atoms with Crippen molar-refractivity contribution < 1.29 is 0 Å². The molecule has 2 N–H and O–H groups in total. The first-order chi connectivity index (χ1) is 9.58. The fraction of sp³-hybridized carbons (Fsp3) is 0.667. The summed E-state index contributed by atoms with van der Waals surface area (Å²) in [6.45, 7) is 8.55. The summed E-state index contributed by atoms with van der Waals surface area (Å²) in [6, 6.07) is 4.09. The molecular formula is C15H27N5. The second kappa shape index (κ2) is 7.02. The van der Waals surface area contributed by atoms with Gasteiger partial charge in [0.25, 0.3) is 0 Å². The van der Waals surface area contributed by atoms with Gasteiger partial charge in [0.2, 0.25) is 0 Å². The summed E-state index contributed by atoms with van der Waals surface area (Å²) in [5.41, 5.74) is 7.19. The van der Waals surface area contributed by atoms with Gasteiger partial charge in [0.05, 0.1) is 0 Å². The highest BCUT2D eigenvalue weighted by molar-refractivity contribution is 5.48. The number of likely N-dealkylation sites (N-methyl/N-ethyl adjacent to an activating group) is 1. The van der Waals surface area contributed by atoms with Crippen molar-refractivity contribution in [1.29, 1.82) is 0 Å². The van der Waals surface area contributed by atoms with E-state index < -0.39 is 0 Å². The van der Waals surface area contributed by atoms with Gasteiger partial charge in [-0.3, -0.25) is 4.90 Å². The average molecular weight is 277 g/mol. The van der Waals surface area contributed by atoms with Crippen LogP contribution in [0.4, 0.5) is 5.82 Å². The number of aromatic nitrogens is 1. The molecule has 1 saturated heterocycles. The largest absolute Gasteiger partial charge is 0.354 e. The Morgan fingerprint density at radius 1 is 1.30 bits per heavy atom. The summed E-state index contributed by atoms with van der Waals surface area (Å²) < 4.78 is 0. The highest BCUT2D eigenvalue weighted by Crippen LogP contribution is 2.23. The molecule has 1 atom stereocenters. The van der Waals surface area contributed by atoms with Gasteiger partial charge in [-0.1, -0.05) is 6.07 Å². The molecule has 1 fully saturated rings. The molecule has 0 unspecified atom stereocenters. The molecular weight excluding hydrogens is 250 g/mol. The number of nitrogens with zero attached hydrogens (tertiary/aromatic N) is 4. The first-order valence-corrected chi connectivity index (χ1v) is 7.40. The van der Waals surface area contributed by atoms with Gasteiger partial charge in [0.15, 0.2) is 0 Å². The number of anilines is 1. The number of pyridine rings is 1. The third-order valence-corrected chi connectivity index (χ3v) is 3.84. The minimum Gasteiger partial charge on any atom is -0.354 e. The molecule has 5 heteroatoms. The molecule has 0 bridgehead atoms. The van der Waals surface area contributed by atoms with Crippen LogP contribution in [0.5, 0.6) is 0 Å². The zero-order chi connectivity index (χ0) is 14.5. The van der Waals surface area contributed by atoms with Gasteiger partial charge in [-0.15, -0.1) is 0 Å². The van der Waals surface area contributed by atoms with Gasteiger partial charge in [-0.25, -0.2) is 4.98 Å². The van der Waals surface area contributed by atoms with Gasteiger partial charge in [0, 0.05) is 57.1 Å². The lowest BCUT2D eigenvalue weighted by atomic mass is 10.1. The lowest BCUT2D eigenvalue weighted by Crippen LogP contribution is -2.48.